The molecule has 0 saturated heterocycles. The summed E-state index contributed by atoms with van der Waals surface area (Å²) in [6.07, 6.45) is 6.57. The molecule has 0 spiro atoms. The van der Waals surface area contributed by atoms with Gasteiger partial charge in [0.2, 0.25) is 0 Å². The van der Waals surface area contributed by atoms with E-state index in [4.69, 9.17) is 4.74 Å². The van der Waals surface area contributed by atoms with Gasteiger partial charge in [-0.15, -0.1) is 0 Å². The van der Waals surface area contributed by atoms with Gasteiger partial charge in [-0.05, 0) is 33.4 Å². The van der Waals surface area contributed by atoms with E-state index < -0.39 is 0 Å². The zero-order valence-electron chi connectivity index (χ0n) is 10.6. The standard InChI is InChI=1S/C10H23NO.C2H6.H2/c1-3-12-10-8-6-4-5-7-9-11-2;1-2;/h11H,3-10H2,1-2H3;1-2H3;1H. The molecular weight excluding hydrogens is 174 g/mol. The highest BCUT2D eigenvalue weighted by molar-refractivity contribution is 4.45. The van der Waals surface area contributed by atoms with E-state index in [0.717, 1.165) is 19.8 Å². The van der Waals surface area contributed by atoms with Gasteiger partial charge in [0.05, 0.1) is 0 Å². The van der Waals surface area contributed by atoms with Crippen LogP contribution < -0.4 is 5.32 Å². The maximum Gasteiger partial charge on any atom is 0.0465 e. The second-order valence-electron chi connectivity index (χ2n) is 3.07. The lowest BCUT2D eigenvalue weighted by molar-refractivity contribution is 0.143. The number of unbranched alkanes of at least 4 members (excludes halogenated alkanes) is 4. The summed E-state index contributed by atoms with van der Waals surface area (Å²) in [5.41, 5.74) is 0. The number of ether oxygens (including phenoxy) is 1. The molecule has 0 saturated carbocycles. The lowest BCUT2D eigenvalue weighted by Gasteiger charge is -2.01. The lowest BCUT2D eigenvalue weighted by Crippen LogP contribution is -2.06. The summed E-state index contributed by atoms with van der Waals surface area (Å²) in [5, 5.41) is 3.15. The van der Waals surface area contributed by atoms with Gasteiger partial charge in [0.15, 0.2) is 0 Å². The average Bonchev–Trinajstić information content (AvgIpc) is 2.25. The quantitative estimate of drug-likeness (QED) is 0.582. The van der Waals surface area contributed by atoms with E-state index >= 15 is 0 Å². The van der Waals surface area contributed by atoms with Crippen LogP contribution >= 0.6 is 0 Å². The molecule has 2 heteroatoms. The van der Waals surface area contributed by atoms with Crippen molar-refractivity contribution in [3.63, 3.8) is 0 Å². The van der Waals surface area contributed by atoms with Crippen LogP contribution in [0, 0.1) is 0 Å². The first-order chi connectivity index (χ1) is 6.91. The van der Waals surface area contributed by atoms with E-state index in [0.29, 0.717) is 0 Å². The molecule has 0 amide bonds. The third-order valence-electron chi connectivity index (χ3n) is 1.92. The van der Waals surface area contributed by atoms with Gasteiger partial charge in [0.1, 0.15) is 0 Å². The van der Waals surface area contributed by atoms with Crippen molar-refractivity contribution in [3.8, 4) is 0 Å². The van der Waals surface area contributed by atoms with Crippen molar-refractivity contribution >= 4 is 0 Å². The highest BCUT2D eigenvalue weighted by atomic mass is 16.5. The molecule has 0 bridgehead atoms. The molecule has 0 aliphatic carbocycles. The van der Waals surface area contributed by atoms with Crippen molar-refractivity contribution < 1.29 is 6.16 Å². The Morgan fingerprint density at radius 2 is 1.57 bits per heavy atom. The van der Waals surface area contributed by atoms with Crippen LogP contribution in [0.15, 0.2) is 0 Å². The van der Waals surface area contributed by atoms with Crippen LogP contribution in [-0.2, 0) is 4.74 Å². The zero-order valence-corrected chi connectivity index (χ0v) is 10.6. The lowest BCUT2D eigenvalue weighted by atomic mass is 10.1. The smallest absolute Gasteiger partial charge is 0.0465 e. The third kappa shape index (κ3) is 17.9. The number of hydrogen-bond donors (Lipinski definition) is 1. The van der Waals surface area contributed by atoms with Gasteiger partial charge in [-0.25, -0.2) is 0 Å². The largest absolute Gasteiger partial charge is 0.382 e. The molecule has 0 rings (SSSR count). The number of hydrogen-bond acceptors (Lipinski definition) is 2. The number of rotatable bonds is 9. The van der Waals surface area contributed by atoms with Gasteiger partial charge in [0, 0.05) is 14.6 Å². The molecule has 0 aromatic heterocycles. The average molecular weight is 205 g/mol. The maximum atomic E-state index is 5.25. The van der Waals surface area contributed by atoms with E-state index in [1.54, 1.807) is 0 Å². The number of nitrogens with one attached hydrogen (secondary N) is 1. The Bertz CT molecular complexity index is 72.0. The van der Waals surface area contributed by atoms with E-state index in [9.17, 15) is 0 Å². The Hall–Kier alpha value is -0.0800. The summed E-state index contributed by atoms with van der Waals surface area (Å²) in [4.78, 5) is 0. The highest BCUT2D eigenvalue weighted by Gasteiger charge is 1.89. The normalized spacial score (nSPS) is 9.43. The summed E-state index contributed by atoms with van der Waals surface area (Å²) in [7, 11) is 2.01. The second kappa shape index (κ2) is 18.7. The van der Waals surface area contributed by atoms with E-state index in [2.05, 4.69) is 5.32 Å². The third-order valence-corrected chi connectivity index (χ3v) is 1.92. The van der Waals surface area contributed by atoms with Crippen molar-refractivity contribution in [1.82, 2.24) is 5.32 Å². The molecule has 14 heavy (non-hydrogen) atoms. The topological polar surface area (TPSA) is 21.3 Å². The van der Waals surface area contributed by atoms with Crippen LogP contribution in [0.2, 0.25) is 0 Å². The van der Waals surface area contributed by atoms with Crippen molar-refractivity contribution in [2.45, 2.75) is 52.9 Å². The van der Waals surface area contributed by atoms with Gasteiger partial charge in [-0.1, -0.05) is 33.1 Å². The van der Waals surface area contributed by atoms with Gasteiger partial charge in [-0.3, -0.25) is 0 Å². The van der Waals surface area contributed by atoms with Crippen molar-refractivity contribution in [1.29, 1.82) is 0 Å². The Morgan fingerprint density at radius 1 is 1.00 bits per heavy atom. The van der Waals surface area contributed by atoms with Gasteiger partial charge in [-0.2, -0.15) is 0 Å². The molecule has 0 aromatic rings. The Kier molecular flexibility index (Phi) is 21.8. The van der Waals surface area contributed by atoms with Crippen LogP contribution in [0.3, 0.4) is 0 Å². The van der Waals surface area contributed by atoms with Crippen molar-refractivity contribution in [2.75, 3.05) is 26.8 Å². The second-order valence-corrected chi connectivity index (χ2v) is 3.07. The van der Waals surface area contributed by atoms with Crippen molar-refractivity contribution in [3.05, 3.63) is 0 Å². The Balaban J connectivity index is -0.000000449. The summed E-state index contributed by atoms with van der Waals surface area (Å²) >= 11 is 0. The minimum atomic E-state index is 0. The van der Waals surface area contributed by atoms with Crippen LogP contribution in [0.1, 0.15) is 54.3 Å². The predicted octanol–water partition coefficient (Wildman–Crippen LogP) is 3.47. The van der Waals surface area contributed by atoms with E-state index in [-0.39, 0.29) is 1.43 Å². The monoisotopic (exact) mass is 205 g/mol. The van der Waals surface area contributed by atoms with Crippen molar-refractivity contribution in [2.24, 2.45) is 0 Å². The Labute approximate surface area is 91.9 Å². The predicted molar refractivity (Wildman–Crippen MR) is 67.0 cm³/mol. The van der Waals surface area contributed by atoms with Crippen LogP contribution in [0.4, 0.5) is 0 Å². The van der Waals surface area contributed by atoms with Gasteiger partial charge < -0.3 is 10.1 Å². The minimum Gasteiger partial charge on any atom is -0.382 e. The molecule has 0 radical (unpaired) electrons. The molecule has 1 N–H and O–H groups in total. The molecule has 0 aliphatic rings. The molecule has 0 aromatic carbocycles. The highest BCUT2D eigenvalue weighted by Crippen LogP contribution is 2.02. The molecule has 0 fully saturated rings. The van der Waals surface area contributed by atoms with Crippen LogP contribution in [-0.4, -0.2) is 26.8 Å². The summed E-state index contributed by atoms with van der Waals surface area (Å²) in [5.74, 6) is 0. The van der Waals surface area contributed by atoms with E-state index in [1.165, 1.54) is 32.1 Å². The molecular formula is C12H31NO. The molecule has 0 heterocycles. The first kappa shape index (κ1) is 16.4. The summed E-state index contributed by atoms with van der Waals surface area (Å²) in [6.45, 7) is 9.01. The van der Waals surface area contributed by atoms with Crippen LogP contribution in [0.5, 0.6) is 0 Å². The summed E-state index contributed by atoms with van der Waals surface area (Å²) in [6, 6.07) is 0. The van der Waals surface area contributed by atoms with Crippen LogP contribution in [0.25, 0.3) is 0 Å². The SMILES string of the molecule is CC.CCOCCCCCCCNC.[HH]. The Morgan fingerprint density at radius 3 is 2.14 bits per heavy atom. The molecule has 0 atom stereocenters. The van der Waals surface area contributed by atoms with E-state index in [1.807, 2.05) is 27.8 Å². The fraction of sp³-hybridized carbons (Fsp3) is 1.00. The first-order valence-corrected chi connectivity index (χ1v) is 6.14. The fourth-order valence-corrected chi connectivity index (χ4v) is 1.18. The van der Waals surface area contributed by atoms with Gasteiger partial charge in [0.25, 0.3) is 0 Å². The summed E-state index contributed by atoms with van der Waals surface area (Å²) < 4.78 is 5.25. The molecule has 90 valence electrons. The zero-order chi connectivity index (χ0) is 11.1. The maximum absolute atomic E-state index is 5.25. The minimum absolute atomic E-state index is 0. The molecule has 0 unspecified atom stereocenters. The first-order valence-electron chi connectivity index (χ1n) is 6.14. The fourth-order valence-electron chi connectivity index (χ4n) is 1.18. The molecule has 0 aliphatic heterocycles. The van der Waals surface area contributed by atoms with Gasteiger partial charge >= 0.3 is 0 Å². The molecule has 2 nitrogen and oxygen atoms in total.